The molecule has 6 heteroatoms. The van der Waals surface area contributed by atoms with Crippen LogP contribution in [0.25, 0.3) is 0 Å². The predicted molar refractivity (Wildman–Crippen MR) is 65.8 cm³/mol. The number of aromatic nitrogens is 1. The van der Waals surface area contributed by atoms with Crippen molar-refractivity contribution in [1.29, 1.82) is 0 Å². The number of halogens is 2. The molecule has 1 aromatic carbocycles. The van der Waals surface area contributed by atoms with E-state index in [0.29, 0.717) is 15.6 Å². The van der Waals surface area contributed by atoms with E-state index in [1.807, 2.05) is 0 Å². The zero-order valence-corrected chi connectivity index (χ0v) is 10.3. The van der Waals surface area contributed by atoms with Crippen LogP contribution in [0, 0.1) is 0 Å². The second-order valence-corrected chi connectivity index (χ2v) is 4.76. The number of hydrogen-bond acceptors (Lipinski definition) is 3. The van der Waals surface area contributed by atoms with Crippen LogP contribution in [0.5, 0.6) is 5.88 Å². The van der Waals surface area contributed by atoms with Gasteiger partial charge in [0.15, 0.2) is 0 Å². The summed E-state index contributed by atoms with van der Waals surface area (Å²) in [6.07, 6.45) is 0. The molecule has 3 nitrogen and oxygen atoms in total. The van der Waals surface area contributed by atoms with Crippen LogP contribution in [0.2, 0.25) is 10.0 Å². The molecule has 1 N–H and O–H groups in total. The molecule has 0 radical (unpaired) electrons. The average Bonchev–Trinajstić information content (AvgIpc) is 2.56. The molecule has 2 aromatic rings. The summed E-state index contributed by atoms with van der Waals surface area (Å²) in [4.78, 5) is 11.2. The lowest BCUT2D eigenvalue weighted by atomic mass is 10.2. The second kappa shape index (κ2) is 4.49. The zero-order valence-electron chi connectivity index (χ0n) is 7.98. The van der Waals surface area contributed by atoms with E-state index in [-0.39, 0.29) is 17.3 Å². The molecular formula is C10H7Cl2NO2S. The minimum Gasteiger partial charge on any atom is -0.494 e. The van der Waals surface area contributed by atoms with Crippen molar-refractivity contribution in [3.8, 4) is 5.88 Å². The summed E-state index contributed by atoms with van der Waals surface area (Å²) in [5.41, 5.74) is 0.699. The maximum atomic E-state index is 11.4. The van der Waals surface area contributed by atoms with Gasteiger partial charge in [-0.25, -0.2) is 0 Å². The van der Waals surface area contributed by atoms with Crippen molar-refractivity contribution >= 4 is 34.5 Å². The smallest absolute Gasteiger partial charge is 0.310 e. The molecule has 0 atom stereocenters. The number of benzene rings is 1. The molecule has 0 amide bonds. The highest BCUT2D eigenvalue weighted by molar-refractivity contribution is 7.07. The Hall–Kier alpha value is -0.970. The van der Waals surface area contributed by atoms with Crippen molar-refractivity contribution in [2.24, 2.45) is 0 Å². The van der Waals surface area contributed by atoms with E-state index in [0.717, 1.165) is 11.3 Å². The quantitative estimate of drug-likeness (QED) is 0.916. The minimum atomic E-state index is -0.228. The lowest BCUT2D eigenvalue weighted by Crippen LogP contribution is -2.13. The van der Waals surface area contributed by atoms with Gasteiger partial charge in [-0.15, -0.1) is 0 Å². The van der Waals surface area contributed by atoms with Crippen LogP contribution < -0.4 is 4.87 Å². The van der Waals surface area contributed by atoms with Crippen LogP contribution in [0.3, 0.4) is 0 Å². The first kappa shape index (κ1) is 11.5. The number of nitrogens with zero attached hydrogens (tertiary/aromatic N) is 1. The van der Waals surface area contributed by atoms with Crippen LogP contribution in [-0.2, 0) is 6.54 Å². The molecule has 0 bridgehead atoms. The number of thiazole rings is 1. The van der Waals surface area contributed by atoms with Crippen molar-refractivity contribution in [2.75, 3.05) is 0 Å². The van der Waals surface area contributed by atoms with E-state index in [2.05, 4.69) is 0 Å². The Balaban J connectivity index is 2.42. The Morgan fingerprint density at radius 3 is 2.75 bits per heavy atom. The molecule has 0 saturated heterocycles. The molecule has 16 heavy (non-hydrogen) atoms. The van der Waals surface area contributed by atoms with Gasteiger partial charge in [-0.1, -0.05) is 46.7 Å². The lowest BCUT2D eigenvalue weighted by Gasteiger charge is -2.06. The number of hydrogen-bond donors (Lipinski definition) is 1. The Morgan fingerprint density at radius 1 is 1.38 bits per heavy atom. The fourth-order valence-corrected chi connectivity index (χ4v) is 2.31. The summed E-state index contributed by atoms with van der Waals surface area (Å²) in [5.74, 6) is -0.0638. The van der Waals surface area contributed by atoms with E-state index in [4.69, 9.17) is 23.2 Å². The fraction of sp³-hybridized carbons (Fsp3) is 0.100. The van der Waals surface area contributed by atoms with E-state index in [1.54, 1.807) is 18.2 Å². The molecule has 0 aliphatic carbocycles. The van der Waals surface area contributed by atoms with Crippen LogP contribution in [0.15, 0.2) is 28.4 Å². The third-order valence-electron chi connectivity index (χ3n) is 2.12. The summed E-state index contributed by atoms with van der Waals surface area (Å²) in [7, 11) is 0. The van der Waals surface area contributed by atoms with Crippen molar-refractivity contribution < 1.29 is 5.11 Å². The minimum absolute atomic E-state index is 0.0638. The monoisotopic (exact) mass is 275 g/mol. The molecule has 0 fully saturated rings. The van der Waals surface area contributed by atoms with Crippen molar-refractivity contribution in [2.45, 2.75) is 6.54 Å². The average molecular weight is 276 g/mol. The summed E-state index contributed by atoms with van der Waals surface area (Å²) < 4.78 is 1.24. The van der Waals surface area contributed by atoms with Gasteiger partial charge in [0.25, 0.3) is 0 Å². The van der Waals surface area contributed by atoms with E-state index in [1.165, 1.54) is 9.95 Å². The van der Waals surface area contributed by atoms with E-state index in [9.17, 15) is 9.90 Å². The van der Waals surface area contributed by atoms with Gasteiger partial charge in [-0.05, 0) is 11.6 Å². The van der Waals surface area contributed by atoms with Gasteiger partial charge in [0.1, 0.15) is 0 Å². The van der Waals surface area contributed by atoms with Gasteiger partial charge in [0, 0.05) is 0 Å². The molecule has 2 rings (SSSR count). The normalized spacial score (nSPS) is 10.6. The van der Waals surface area contributed by atoms with Gasteiger partial charge >= 0.3 is 4.87 Å². The number of rotatable bonds is 2. The Kier molecular flexibility index (Phi) is 3.23. The first-order chi connectivity index (χ1) is 7.59. The van der Waals surface area contributed by atoms with Gasteiger partial charge in [0.2, 0.25) is 5.88 Å². The first-order valence-corrected chi connectivity index (χ1v) is 6.03. The second-order valence-electron chi connectivity index (χ2n) is 3.16. The highest BCUT2D eigenvalue weighted by Crippen LogP contribution is 2.26. The largest absolute Gasteiger partial charge is 0.494 e. The molecule has 0 aliphatic heterocycles. The van der Waals surface area contributed by atoms with Crippen molar-refractivity contribution in [3.63, 3.8) is 0 Å². The molecule has 0 saturated carbocycles. The van der Waals surface area contributed by atoms with Crippen LogP contribution in [-0.4, -0.2) is 9.67 Å². The van der Waals surface area contributed by atoms with Gasteiger partial charge in [-0.2, -0.15) is 0 Å². The maximum absolute atomic E-state index is 11.4. The highest BCUT2D eigenvalue weighted by atomic mass is 35.5. The molecule has 0 spiro atoms. The Morgan fingerprint density at radius 2 is 2.12 bits per heavy atom. The standard InChI is InChI=1S/C10H7Cl2NO2S/c11-7-3-1-2-6(9(7)12)4-13-8(14)5-16-10(13)15/h1-3,5,14H,4H2. The van der Waals surface area contributed by atoms with E-state index < -0.39 is 0 Å². The van der Waals surface area contributed by atoms with Gasteiger partial charge in [-0.3, -0.25) is 9.36 Å². The van der Waals surface area contributed by atoms with Crippen LogP contribution in [0.4, 0.5) is 0 Å². The summed E-state index contributed by atoms with van der Waals surface area (Å²) in [6.45, 7) is 0.216. The SMILES string of the molecule is O=c1scc(O)n1Cc1cccc(Cl)c1Cl. The van der Waals surface area contributed by atoms with Crippen LogP contribution in [0.1, 0.15) is 5.56 Å². The van der Waals surface area contributed by atoms with Gasteiger partial charge in [0.05, 0.1) is 22.0 Å². The van der Waals surface area contributed by atoms with Gasteiger partial charge < -0.3 is 5.11 Å². The third kappa shape index (κ3) is 2.09. The molecule has 0 unspecified atom stereocenters. The molecular weight excluding hydrogens is 269 g/mol. The maximum Gasteiger partial charge on any atom is 0.310 e. The van der Waals surface area contributed by atoms with Crippen LogP contribution >= 0.6 is 34.5 Å². The summed E-state index contributed by atoms with van der Waals surface area (Å²) >= 11 is 12.8. The lowest BCUT2D eigenvalue weighted by molar-refractivity contribution is 0.421. The first-order valence-electron chi connectivity index (χ1n) is 4.40. The molecule has 84 valence electrons. The summed E-state index contributed by atoms with van der Waals surface area (Å²) in [5, 5.41) is 11.7. The Bertz CT molecular complexity index is 576. The number of aromatic hydroxyl groups is 1. The predicted octanol–water partition coefficient (Wildman–Crippen LogP) is 2.97. The third-order valence-corrected chi connectivity index (χ3v) is 3.73. The zero-order chi connectivity index (χ0) is 11.7. The fourth-order valence-electron chi connectivity index (χ4n) is 1.31. The van der Waals surface area contributed by atoms with Crippen molar-refractivity contribution in [3.05, 3.63) is 48.9 Å². The Labute approximate surface area is 105 Å². The molecule has 0 aliphatic rings. The topological polar surface area (TPSA) is 42.2 Å². The summed E-state index contributed by atoms with van der Waals surface area (Å²) in [6, 6.07) is 5.18. The van der Waals surface area contributed by atoms with Crippen molar-refractivity contribution in [1.82, 2.24) is 4.57 Å². The van der Waals surface area contributed by atoms with E-state index >= 15 is 0 Å². The molecule has 1 heterocycles. The molecule has 1 aromatic heterocycles. The highest BCUT2D eigenvalue weighted by Gasteiger charge is 2.09.